The van der Waals surface area contributed by atoms with Crippen LogP contribution in [-0.2, 0) is 4.74 Å². The number of nitrogens with two attached hydrogens (primary N) is 1. The van der Waals surface area contributed by atoms with Crippen LogP contribution in [0.2, 0.25) is 0 Å². The number of hydrogen-bond acceptors (Lipinski definition) is 2. The lowest BCUT2D eigenvalue weighted by atomic mass is 10.0. The molecule has 18 heavy (non-hydrogen) atoms. The summed E-state index contributed by atoms with van der Waals surface area (Å²) in [7, 11) is 1.74. The zero-order chi connectivity index (χ0) is 13.5. The van der Waals surface area contributed by atoms with Crippen molar-refractivity contribution in [2.24, 2.45) is 5.73 Å². The number of ether oxygens (including phenoxy) is 1. The normalized spacial score (nSPS) is 12.8. The van der Waals surface area contributed by atoms with E-state index in [0.29, 0.717) is 6.04 Å². The minimum atomic E-state index is 0.346. The summed E-state index contributed by atoms with van der Waals surface area (Å²) < 4.78 is 5.03. The Morgan fingerprint density at radius 3 is 1.78 bits per heavy atom. The fourth-order valence-electron chi connectivity index (χ4n) is 2.31. The van der Waals surface area contributed by atoms with Crippen molar-refractivity contribution in [2.45, 2.75) is 90.0 Å². The molecule has 0 saturated heterocycles. The van der Waals surface area contributed by atoms with E-state index in [9.17, 15) is 0 Å². The first-order chi connectivity index (χ1) is 8.81. The summed E-state index contributed by atoms with van der Waals surface area (Å²) in [6.07, 6.45) is 16.1. The summed E-state index contributed by atoms with van der Waals surface area (Å²) in [6, 6.07) is 0.346. The lowest BCUT2D eigenvalue weighted by Crippen LogP contribution is -2.21. The van der Waals surface area contributed by atoms with Gasteiger partial charge in [-0.25, -0.2) is 0 Å². The molecular weight excluding hydrogens is 222 g/mol. The van der Waals surface area contributed by atoms with E-state index in [2.05, 4.69) is 6.92 Å². The van der Waals surface area contributed by atoms with E-state index in [1.54, 1.807) is 7.11 Å². The second-order valence-electron chi connectivity index (χ2n) is 5.51. The molecule has 0 aromatic heterocycles. The average molecular weight is 257 g/mol. The van der Waals surface area contributed by atoms with E-state index in [-0.39, 0.29) is 0 Å². The first-order valence-electron chi connectivity index (χ1n) is 8.05. The Hall–Kier alpha value is -0.0800. The SMILES string of the molecule is CCCCCCCCCCCCC(N)CCOC. The number of hydrogen-bond donors (Lipinski definition) is 1. The monoisotopic (exact) mass is 257 g/mol. The molecule has 0 heterocycles. The van der Waals surface area contributed by atoms with Gasteiger partial charge in [0, 0.05) is 19.8 Å². The van der Waals surface area contributed by atoms with Gasteiger partial charge in [0.25, 0.3) is 0 Å². The van der Waals surface area contributed by atoms with E-state index in [1.807, 2.05) is 0 Å². The number of methoxy groups -OCH3 is 1. The molecule has 2 nitrogen and oxygen atoms in total. The molecule has 0 aromatic rings. The number of rotatable bonds is 14. The Bertz CT molecular complexity index is 150. The standard InChI is InChI=1S/C16H35NO/c1-3-4-5-6-7-8-9-10-11-12-13-16(17)14-15-18-2/h16H,3-15,17H2,1-2H3. The maximum absolute atomic E-state index is 5.99. The molecule has 0 saturated carbocycles. The van der Waals surface area contributed by atoms with Crippen LogP contribution in [0.25, 0.3) is 0 Å². The van der Waals surface area contributed by atoms with E-state index in [0.717, 1.165) is 13.0 Å². The third-order valence-electron chi connectivity index (χ3n) is 3.62. The molecule has 0 fully saturated rings. The molecule has 0 radical (unpaired) electrons. The van der Waals surface area contributed by atoms with Gasteiger partial charge in [0.1, 0.15) is 0 Å². The third-order valence-corrected chi connectivity index (χ3v) is 3.62. The van der Waals surface area contributed by atoms with E-state index in [1.165, 1.54) is 70.6 Å². The van der Waals surface area contributed by atoms with Crippen LogP contribution in [0.1, 0.15) is 84.0 Å². The predicted molar refractivity (Wildman–Crippen MR) is 80.9 cm³/mol. The van der Waals surface area contributed by atoms with Gasteiger partial charge in [-0.1, -0.05) is 71.1 Å². The van der Waals surface area contributed by atoms with Gasteiger partial charge in [-0.2, -0.15) is 0 Å². The van der Waals surface area contributed by atoms with Gasteiger partial charge in [-0.15, -0.1) is 0 Å². The van der Waals surface area contributed by atoms with Gasteiger partial charge < -0.3 is 10.5 Å². The molecule has 0 aromatic carbocycles. The van der Waals surface area contributed by atoms with Gasteiger partial charge in [0.2, 0.25) is 0 Å². The highest BCUT2D eigenvalue weighted by Crippen LogP contribution is 2.12. The van der Waals surface area contributed by atoms with Crippen LogP contribution < -0.4 is 5.73 Å². The van der Waals surface area contributed by atoms with Crippen molar-refractivity contribution in [3.05, 3.63) is 0 Å². The van der Waals surface area contributed by atoms with Crippen molar-refractivity contribution in [1.29, 1.82) is 0 Å². The zero-order valence-electron chi connectivity index (χ0n) is 12.8. The van der Waals surface area contributed by atoms with Crippen LogP contribution >= 0.6 is 0 Å². The fourth-order valence-corrected chi connectivity index (χ4v) is 2.31. The Morgan fingerprint density at radius 2 is 1.28 bits per heavy atom. The highest BCUT2D eigenvalue weighted by atomic mass is 16.5. The molecule has 0 amide bonds. The molecular formula is C16H35NO. The largest absolute Gasteiger partial charge is 0.385 e. The van der Waals surface area contributed by atoms with Crippen molar-refractivity contribution >= 4 is 0 Å². The lowest BCUT2D eigenvalue weighted by Gasteiger charge is -2.10. The molecule has 2 N–H and O–H groups in total. The molecule has 0 bridgehead atoms. The van der Waals surface area contributed by atoms with Gasteiger partial charge in [-0.05, 0) is 12.8 Å². The average Bonchev–Trinajstić information content (AvgIpc) is 2.38. The Balaban J connectivity index is 3.02. The molecule has 0 rings (SSSR count). The molecule has 0 aliphatic carbocycles. The summed E-state index contributed by atoms with van der Waals surface area (Å²) in [5.74, 6) is 0. The summed E-state index contributed by atoms with van der Waals surface area (Å²) in [5, 5.41) is 0. The highest BCUT2D eigenvalue weighted by molar-refractivity contribution is 4.60. The predicted octanol–water partition coefficient (Wildman–Crippen LogP) is 4.66. The van der Waals surface area contributed by atoms with E-state index in [4.69, 9.17) is 10.5 Å². The first-order valence-corrected chi connectivity index (χ1v) is 8.05. The van der Waals surface area contributed by atoms with Gasteiger partial charge >= 0.3 is 0 Å². The summed E-state index contributed by atoms with van der Waals surface area (Å²) in [4.78, 5) is 0. The van der Waals surface area contributed by atoms with Gasteiger partial charge in [-0.3, -0.25) is 0 Å². The topological polar surface area (TPSA) is 35.2 Å². The maximum Gasteiger partial charge on any atom is 0.0477 e. The molecule has 0 spiro atoms. The zero-order valence-corrected chi connectivity index (χ0v) is 12.8. The second kappa shape index (κ2) is 15.0. The van der Waals surface area contributed by atoms with Crippen molar-refractivity contribution in [3.8, 4) is 0 Å². The van der Waals surface area contributed by atoms with Crippen molar-refractivity contribution in [1.82, 2.24) is 0 Å². The fraction of sp³-hybridized carbons (Fsp3) is 1.00. The maximum atomic E-state index is 5.99. The summed E-state index contributed by atoms with van der Waals surface area (Å²) in [6.45, 7) is 3.08. The molecule has 1 atom stereocenters. The van der Waals surface area contributed by atoms with Crippen LogP contribution in [0.15, 0.2) is 0 Å². The third kappa shape index (κ3) is 14.0. The molecule has 0 aliphatic heterocycles. The minimum Gasteiger partial charge on any atom is -0.385 e. The van der Waals surface area contributed by atoms with Crippen LogP contribution in [0.4, 0.5) is 0 Å². The molecule has 2 heteroatoms. The molecule has 1 unspecified atom stereocenters. The minimum absolute atomic E-state index is 0.346. The Kier molecular flexibility index (Phi) is 14.9. The Morgan fingerprint density at radius 1 is 0.778 bits per heavy atom. The smallest absolute Gasteiger partial charge is 0.0477 e. The van der Waals surface area contributed by atoms with Gasteiger partial charge in [0.15, 0.2) is 0 Å². The molecule has 110 valence electrons. The summed E-state index contributed by atoms with van der Waals surface area (Å²) in [5.41, 5.74) is 5.99. The Labute approximate surface area is 115 Å². The first kappa shape index (κ1) is 17.9. The van der Waals surface area contributed by atoms with Crippen LogP contribution in [0.5, 0.6) is 0 Å². The van der Waals surface area contributed by atoms with Crippen molar-refractivity contribution < 1.29 is 4.74 Å². The van der Waals surface area contributed by atoms with E-state index >= 15 is 0 Å². The van der Waals surface area contributed by atoms with Gasteiger partial charge in [0.05, 0.1) is 0 Å². The summed E-state index contributed by atoms with van der Waals surface area (Å²) >= 11 is 0. The second-order valence-corrected chi connectivity index (χ2v) is 5.51. The highest BCUT2D eigenvalue weighted by Gasteiger charge is 2.01. The van der Waals surface area contributed by atoms with Crippen molar-refractivity contribution in [3.63, 3.8) is 0 Å². The van der Waals surface area contributed by atoms with Crippen molar-refractivity contribution in [2.75, 3.05) is 13.7 Å². The van der Waals surface area contributed by atoms with Crippen LogP contribution in [0, 0.1) is 0 Å². The van der Waals surface area contributed by atoms with Crippen LogP contribution in [-0.4, -0.2) is 19.8 Å². The van der Waals surface area contributed by atoms with Crippen LogP contribution in [0.3, 0.4) is 0 Å². The quantitative estimate of drug-likeness (QED) is 0.459. The molecule has 0 aliphatic rings. The number of unbranched alkanes of at least 4 members (excludes halogenated alkanes) is 9. The van der Waals surface area contributed by atoms with E-state index < -0.39 is 0 Å². The lowest BCUT2D eigenvalue weighted by molar-refractivity contribution is 0.186.